The van der Waals surface area contributed by atoms with Crippen LogP contribution < -0.4 is 5.32 Å². The van der Waals surface area contributed by atoms with Crippen molar-refractivity contribution in [2.24, 2.45) is 0 Å². The number of nitrogens with one attached hydrogen (secondary N) is 1. The summed E-state index contributed by atoms with van der Waals surface area (Å²) in [7, 11) is -3.43. The van der Waals surface area contributed by atoms with Crippen LogP contribution in [0.5, 0.6) is 0 Å². The van der Waals surface area contributed by atoms with Crippen molar-refractivity contribution in [3.63, 3.8) is 0 Å². The fourth-order valence-corrected chi connectivity index (χ4v) is 2.95. The largest absolute Gasteiger partial charge is 0.391 e. The van der Waals surface area contributed by atoms with Crippen molar-refractivity contribution in [3.05, 3.63) is 29.8 Å². The SMILES string of the molecule is Cc1ccc(S(=O)(=O)CC(O)CNC(C)(C)C)cc1. The lowest BCUT2D eigenvalue weighted by Crippen LogP contribution is -2.42. The molecule has 0 spiro atoms. The van der Waals surface area contributed by atoms with Crippen molar-refractivity contribution in [1.29, 1.82) is 0 Å². The summed E-state index contributed by atoms with van der Waals surface area (Å²) in [5.41, 5.74) is 0.864. The molecule has 108 valence electrons. The van der Waals surface area contributed by atoms with Gasteiger partial charge in [-0.3, -0.25) is 0 Å². The van der Waals surface area contributed by atoms with E-state index in [-0.39, 0.29) is 22.7 Å². The molecule has 0 fully saturated rings. The molecule has 1 atom stereocenters. The van der Waals surface area contributed by atoms with Crippen LogP contribution in [0.3, 0.4) is 0 Å². The average Bonchev–Trinajstić information content (AvgIpc) is 2.25. The summed E-state index contributed by atoms with van der Waals surface area (Å²) in [6, 6.07) is 6.67. The Balaban J connectivity index is 2.67. The van der Waals surface area contributed by atoms with E-state index in [4.69, 9.17) is 0 Å². The van der Waals surface area contributed by atoms with Crippen LogP contribution >= 0.6 is 0 Å². The van der Waals surface area contributed by atoms with Gasteiger partial charge in [-0.15, -0.1) is 0 Å². The van der Waals surface area contributed by atoms with Crippen molar-refractivity contribution in [2.75, 3.05) is 12.3 Å². The zero-order valence-corrected chi connectivity index (χ0v) is 12.8. The van der Waals surface area contributed by atoms with Crippen LogP contribution in [-0.2, 0) is 9.84 Å². The van der Waals surface area contributed by atoms with Gasteiger partial charge in [0, 0.05) is 12.1 Å². The molecule has 0 bridgehead atoms. The minimum Gasteiger partial charge on any atom is -0.391 e. The van der Waals surface area contributed by atoms with Crippen molar-refractivity contribution in [2.45, 2.75) is 44.2 Å². The third-order valence-corrected chi connectivity index (χ3v) is 4.47. The second-order valence-electron chi connectivity index (χ2n) is 5.88. The van der Waals surface area contributed by atoms with Crippen LogP contribution in [0.2, 0.25) is 0 Å². The van der Waals surface area contributed by atoms with Gasteiger partial charge in [0.1, 0.15) is 0 Å². The number of aryl methyl sites for hydroxylation is 1. The Morgan fingerprint density at radius 3 is 2.21 bits per heavy atom. The highest BCUT2D eigenvalue weighted by Crippen LogP contribution is 2.13. The van der Waals surface area contributed by atoms with Crippen molar-refractivity contribution in [1.82, 2.24) is 5.32 Å². The van der Waals surface area contributed by atoms with Gasteiger partial charge >= 0.3 is 0 Å². The van der Waals surface area contributed by atoms with E-state index in [1.165, 1.54) is 0 Å². The van der Waals surface area contributed by atoms with Gasteiger partial charge in [-0.25, -0.2) is 8.42 Å². The maximum absolute atomic E-state index is 12.1. The van der Waals surface area contributed by atoms with Gasteiger partial charge < -0.3 is 10.4 Å². The van der Waals surface area contributed by atoms with E-state index in [2.05, 4.69) is 5.32 Å². The number of hydrogen-bond acceptors (Lipinski definition) is 4. The van der Waals surface area contributed by atoms with Gasteiger partial charge in [0.2, 0.25) is 0 Å². The van der Waals surface area contributed by atoms with E-state index in [9.17, 15) is 13.5 Å². The Kier molecular flexibility index (Phi) is 5.12. The highest BCUT2D eigenvalue weighted by molar-refractivity contribution is 7.91. The molecule has 1 aromatic rings. The molecule has 1 rings (SSSR count). The Hall–Kier alpha value is -0.910. The number of aliphatic hydroxyl groups excluding tert-OH is 1. The Labute approximate surface area is 115 Å². The summed E-state index contributed by atoms with van der Waals surface area (Å²) < 4.78 is 24.2. The lowest BCUT2D eigenvalue weighted by molar-refractivity contribution is 0.181. The van der Waals surface area contributed by atoms with Gasteiger partial charge in [-0.1, -0.05) is 17.7 Å². The summed E-state index contributed by atoms with van der Waals surface area (Å²) in [5.74, 6) is -0.265. The summed E-state index contributed by atoms with van der Waals surface area (Å²) in [4.78, 5) is 0.257. The topological polar surface area (TPSA) is 66.4 Å². The second-order valence-corrected chi connectivity index (χ2v) is 7.91. The highest BCUT2D eigenvalue weighted by Gasteiger charge is 2.21. The second kappa shape index (κ2) is 6.03. The predicted molar refractivity (Wildman–Crippen MR) is 77.0 cm³/mol. The molecular formula is C14H23NO3S. The summed E-state index contributed by atoms with van der Waals surface area (Å²) in [5, 5.41) is 12.9. The van der Waals surface area contributed by atoms with E-state index >= 15 is 0 Å². The molecule has 0 aliphatic rings. The molecule has 0 radical (unpaired) electrons. The third kappa shape index (κ3) is 5.72. The normalized spacial score (nSPS) is 14.4. The van der Waals surface area contributed by atoms with E-state index in [0.29, 0.717) is 0 Å². The molecule has 5 heteroatoms. The minimum atomic E-state index is -3.43. The van der Waals surface area contributed by atoms with Crippen molar-refractivity contribution in [3.8, 4) is 0 Å². The Morgan fingerprint density at radius 1 is 1.21 bits per heavy atom. The van der Waals surface area contributed by atoms with Gasteiger partial charge in [0.15, 0.2) is 9.84 Å². The fourth-order valence-electron chi connectivity index (χ4n) is 1.58. The van der Waals surface area contributed by atoms with Gasteiger partial charge in [0.25, 0.3) is 0 Å². The lowest BCUT2D eigenvalue weighted by atomic mass is 10.1. The number of rotatable bonds is 5. The molecule has 0 aliphatic heterocycles. The molecule has 1 aromatic carbocycles. The molecule has 4 nitrogen and oxygen atoms in total. The van der Waals surface area contributed by atoms with Crippen LogP contribution in [0, 0.1) is 6.92 Å². The molecule has 0 aliphatic carbocycles. The van der Waals surface area contributed by atoms with E-state index in [1.807, 2.05) is 27.7 Å². The number of hydrogen-bond donors (Lipinski definition) is 2. The fraction of sp³-hybridized carbons (Fsp3) is 0.571. The highest BCUT2D eigenvalue weighted by atomic mass is 32.2. The first kappa shape index (κ1) is 16.1. The molecule has 0 amide bonds. The first-order chi connectivity index (χ1) is 8.60. The third-order valence-electron chi connectivity index (χ3n) is 2.66. The zero-order chi connectivity index (χ0) is 14.7. The maximum Gasteiger partial charge on any atom is 0.180 e. The molecule has 0 saturated carbocycles. The van der Waals surface area contributed by atoms with Crippen LogP contribution in [0.15, 0.2) is 29.2 Å². The standard InChI is InChI=1S/C14H23NO3S/c1-11-5-7-13(8-6-11)19(17,18)10-12(16)9-15-14(2,3)4/h5-8,12,15-16H,9-10H2,1-4H3. The van der Waals surface area contributed by atoms with Crippen LogP contribution in [-0.4, -0.2) is 37.5 Å². The molecule has 2 N–H and O–H groups in total. The maximum atomic E-state index is 12.1. The van der Waals surface area contributed by atoms with E-state index < -0.39 is 15.9 Å². The average molecular weight is 285 g/mol. The first-order valence-electron chi connectivity index (χ1n) is 6.33. The Morgan fingerprint density at radius 2 is 1.74 bits per heavy atom. The minimum absolute atomic E-state index is 0.144. The first-order valence-corrected chi connectivity index (χ1v) is 7.98. The molecule has 0 saturated heterocycles. The smallest absolute Gasteiger partial charge is 0.180 e. The van der Waals surface area contributed by atoms with Crippen LogP contribution in [0.25, 0.3) is 0 Å². The number of β-amino-alcohol motifs (C(OH)–C–C–N with tert-alkyl or cyclic N) is 1. The quantitative estimate of drug-likeness (QED) is 0.861. The van der Waals surface area contributed by atoms with Crippen molar-refractivity contribution < 1.29 is 13.5 Å². The number of sulfone groups is 1. The number of benzene rings is 1. The predicted octanol–water partition coefficient (Wildman–Crippen LogP) is 1.52. The number of aliphatic hydroxyl groups is 1. The van der Waals surface area contributed by atoms with Gasteiger partial charge in [-0.2, -0.15) is 0 Å². The van der Waals surface area contributed by atoms with E-state index in [1.54, 1.807) is 24.3 Å². The van der Waals surface area contributed by atoms with Gasteiger partial charge in [0.05, 0.1) is 16.8 Å². The van der Waals surface area contributed by atoms with Gasteiger partial charge in [-0.05, 0) is 39.8 Å². The van der Waals surface area contributed by atoms with Crippen LogP contribution in [0.4, 0.5) is 0 Å². The summed E-state index contributed by atoms with van der Waals surface area (Å²) >= 11 is 0. The zero-order valence-electron chi connectivity index (χ0n) is 12.0. The molecule has 19 heavy (non-hydrogen) atoms. The molecular weight excluding hydrogens is 262 g/mol. The van der Waals surface area contributed by atoms with Crippen molar-refractivity contribution >= 4 is 9.84 Å². The molecule has 0 heterocycles. The molecule has 0 aromatic heterocycles. The monoisotopic (exact) mass is 285 g/mol. The Bertz CT molecular complexity index is 500. The lowest BCUT2D eigenvalue weighted by Gasteiger charge is -2.22. The molecule has 1 unspecified atom stereocenters. The summed E-state index contributed by atoms with van der Waals surface area (Å²) in [6.45, 7) is 8.06. The van der Waals surface area contributed by atoms with E-state index in [0.717, 1.165) is 5.56 Å². The van der Waals surface area contributed by atoms with Crippen LogP contribution in [0.1, 0.15) is 26.3 Å². The summed E-state index contributed by atoms with van der Waals surface area (Å²) in [6.07, 6.45) is -0.912.